The highest BCUT2D eigenvalue weighted by atomic mass is 32.2. The molecule has 0 bridgehead atoms. The van der Waals surface area contributed by atoms with E-state index in [9.17, 15) is 4.79 Å². The molecule has 0 aliphatic carbocycles. The van der Waals surface area contributed by atoms with Crippen LogP contribution in [0.15, 0.2) is 57.9 Å². The van der Waals surface area contributed by atoms with E-state index < -0.39 is 0 Å². The van der Waals surface area contributed by atoms with Crippen molar-refractivity contribution >= 4 is 17.7 Å². The molecule has 0 spiro atoms. The lowest BCUT2D eigenvalue weighted by Crippen LogP contribution is -2.29. The van der Waals surface area contributed by atoms with Gasteiger partial charge in [-0.3, -0.25) is 4.79 Å². The van der Waals surface area contributed by atoms with Gasteiger partial charge in [0.15, 0.2) is 5.82 Å². The van der Waals surface area contributed by atoms with E-state index in [0.29, 0.717) is 30.2 Å². The second-order valence-electron chi connectivity index (χ2n) is 6.02. The second-order valence-corrected chi connectivity index (χ2v) is 6.90. The van der Waals surface area contributed by atoms with Crippen LogP contribution in [0.1, 0.15) is 22.1 Å². The van der Waals surface area contributed by atoms with E-state index in [-0.39, 0.29) is 5.91 Å². The highest BCUT2D eigenvalue weighted by molar-refractivity contribution is 7.98. The molecule has 134 valence electrons. The lowest BCUT2D eigenvalue weighted by Gasteiger charge is -2.16. The first kappa shape index (κ1) is 18.2. The Balaban J connectivity index is 1.70. The highest BCUT2D eigenvalue weighted by Gasteiger charge is 2.14. The van der Waals surface area contributed by atoms with Crippen molar-refractivity contribution < 1.29 is 9.32 Å². The molecule has 0 radical (unpaired) electrons. The van der Waals surface area contributed by atoms with E-state index >= 15 is 0 Å². The minimum Gasteiger partial charge on any atom is -0.341 e. The lowest BCUT2D eigenvalue weighted by molar-refractivity contribution is 0.0796. The van der Waals surface area contributed by atoms with Gasteiger partial charge in [-0.25, -0.2) is 0 Å². The number of aryl methyl sites for hydroxylation is 1. The number of carbonyl (C=O) groups excluding carboxylic acids is 1. The van der Waals surface area contributed by atoms with Gasteiger partial charge in [0, 0.05) is 37.4 Å². The lowest BCUT2D eigenvalue weighted by atomic mass is 10.0. The van der Waals surface area contributed by atoms with Gasteiger partial charge in [-0.2, -0.15) is 4.98 Å². The van der Waals surface area contributed by atoms with Gasteiger partial charge in [0.2, 0.25) is 5.89 Å². The minimum absolute atomic E-state index is 0.0206. The molecule has 6 heteroatoms. The zero-order chi connectivity index (χ0) is 18.5. The number of amides is 1. The molecule has 26 heavy (non-hydrogen) atoms. The summed E-state index contributed by atoms with van der Waals surface area (Å²) in [5.74, 6) is 1.13. The Kier molecular flexibility index (Phi) is 5.73. The van der Waals surface area contributed by atoms with Crippen molar-refractivity contribution in [1.29, 1.82) is 0 Å². The van der Waals surface area contributed by atoms with Crippen molar-refractivity contribution in [3.63, 3.8) is 0 Å². The number of hydrogen-bond donors (Lipinski definition) is 0. The molecule has 1 heterocycles. The van der Waals surface area contributed by atoms with Crippen LogP contribution in [0, 0.1) is 6.92 Å². The van der Waals surface area contributed by atoms with Crippen LogP contribution in [0.4, 0.5) is 0 Å². The molecule has 0 saturated heterocycles. The summed E-state index contributed by atoms with van der Waals surface area (Å²) in [6, 6.07) is 16.1. The number of likely N-dealkylation sites (N-methyl/N-ethyl adjacent to an activating group) is 1. The molecule has 1 amide bonds. The number of thioether (sulfide) groups is 1. The van der Waals surface area contributed by atoms with E-state index in [2.05, 4.69) is 40.7 Å². The maximum atomic E-state index is 12.7. The summed E-state index contributed by atoms with van der Waals surface area (Å²) >= 11 is 1.71. The Bertz CT molecular complexity index is 890. The first-order valence-corrected chi connectivity index (χ1v) is 9.58. The normalized spacial score (nSPS) is 10.7. The van der Waals surface area contributed by atoms with Crippen LogP contribution in [-0.2, 0) is 6.42 Å². The van der Waals surface area contributed by atoms with Gasteiger partial charge in [-0.1, -0.05) is 29.4 Å². The third kappa shape index (κ3) is 4.32. The number of rotatable bonds is 6. The maximum Gasteiger partial charge on any atom is 0.253 e. The quantitative estimate of drug-likeness (QED) is 0.614. The third-order valence-corrected chi connectivity index (χ3v) is 4.86. The van der Waals surface area contributed by atoms with Crippen molar-refractivity contribution in [3.05, 3.63) is 65.8 Å². The molecule has 0 unspecified atom stereocenters. The molecule has 0 aliphatic heterocycles. The summed E-state index contributed by atoms with van der Waals surface area (Å²) < 4.78 is 4.96. The van der Waals surface area contributed by atoms with E-state index in [1.54, 1.807) is 30.6 Å². The summed E-state index contributed by atoms with van der Waals surface area (Å²) in [7, 11) is 1.79. The summed E-state index contributed by atoms with van der Waals surface area (Å²) in [5.41, 5.74) is 2.80. The molecular formula is C20H21N3O2S. The fourth-order valence-electron chi connectivity index (χ4n) is 2.65. The molecule has 3 rings (SSSR count). The van der Waals surface area contributed by atoms with Gasteiger partial charge in [-0.15, -0.1) is 11.8 Å². The van der Waals surface area contributed by atoms with Gasteiger partial charge in [0.1, 0.15) is 0 Å². The molecular weight excluding hydrogens is 346 g/mol. The number of hydrogen-bond acceptors (Lipinski definition) is 5. The summed E-state index contributed by atoms with van der Waals surface area (Å²) in [6.07, 6.45) is 2.62. The Hall–Kier alpha value is -2.60. The SMILES string of the molecule is CSc1ccc(-c2cccc(C(=O)N(C)CCc3noc(C)n3)c2)cc1. The third-order valence-electron chi connectivity index (χ3n) is 4.12. The van der Waals surface area contributed by atoms with E-state index in [1.165, 1.54) is 4.90 Å². The largest absolute Gasteiger partial charge is 0.341 e. The molecule has 5 nitrogen and oxygen atoms in total. The first-order valence-electron chi connectivity index (χ1n) is 8.36. The Labute approximate surface area is 157 Å². The van der Waals surface area contributed by atoms with E-state index in [0.717, 1.165) is 11.1 Å². The van der Waals surface area contributed by atoms with Crippen molar-refractivity contribution in [2.45, 2.75) is 18.2 Å². The zero-order valence-corrected chi connectivity index (χ0v) is 15.9. The van der Waals surface area contributed by atoms with E-state index in [1.807, 2.05) is 24.3 Å². The standard InChI is InChI=1S/C20H21N3O2S/c1-14-21-19(22-25-14)11-12-23(2)20(24)17-6-4-5-16(13-17)15-7-9-18(26-3)10-8-15/h4-10,13H,11-12H2,1-3H3. The van der Waals surface area contributed by atoms with Crippen molar-refractivity contribution in [1.82, 2.24) is 15.0 Å². The second kappa shape index (κ2) is 8.19. The number of nitrogens with zero attached hydrogens (tertiary/aromatic N) is 3. The zero-order valence-electron chi connectivity index (χ0n) is 15.1. The highest BCUT2D eigenvalue weighted by Crippen LogP contribution is 2.24. The number of carbonyl (C=O) groups is 1. The van der Waals surface area contributed by atoms with Crippen LogP contribution in [-0.4, -0.2) is 40.8 Å². The van der Waals surface area contributed by atoms with Gasteiger partial charge >= 0.3 is 0 Å². The van der Waals surface area contributed by atoms with Crippen LogP contribution in [0.5, 0.6) is 0 Å². The summed E-state index contributed by atoms with van der Waals surface area (Å²) in [4.78, 5) is 19.8. The maximum absolute atomic E-state index is 12.7. The molecule has 0 saturated carbocycles. The summed E-state index contributed by atoms with van der Waals surface area (Å²) in [6.45, 7) is 2.28. The van der Waals surface area contributed by atoms with Gasteiger partial charge in [-0.05, 0) is 41.6 Å². The van der Waals surface area contributed by atoms with Crippen molar-refractivity contribution in [3.8, 4) is 11.1 Å². The topological polar surface area (TPSA) is 59.2 Å². The number of benzene rings is 2. The molecule has 3 aromatic rings. The average Bonchev–Trinajstić information content (AvgIpc) is 3.11. The minimum atomic E-state index is -0.0206. The Morgan fingerprint density at radius 3 is 2.58 bits per heavy atom. The molecule has 1 aromatic heterocycles. The fraction of sp³-hybridized carbons (Fsp3) is 0.250. The monoisotopic (exact) mass is 367 g/mol. The van der Waals surface area contributed by atoms with Crippen LogP contribution in [0.3, 0.4) is 0 Å². The molecule has 2 aromatic carbocycles. The van der Waals surface area contributed by atoms with Gasteiger partial charge in [0.05, 0.1) is 0 Å². The summed E-state index contributed by atoms with van der Waals surface area (Å²) in [5, 5.41) is 3.86. The predicted octanol–water partition coefficient (Wildman–Crippen LogP) is 4.08. The molecule has 0 N–H and O–H groups in total. The molecule has 0 atom stereocenters. The van der Waals surface area contributed by atoms with Crippen molar-refractivity contribution in [2.24, 2.45) is 0 Å². The van der Waals surface area contributed by atoms with E-state index in [4.69, 9.17) is 4.52 Å². The Morgan fingerprint density at radius 1 is 1.15 bits per heavy atom. The first-order chi connectivity index (χ1) is 12.6. The van der Waals surface area contributed by atoms with Gasteiger partial charge in [0.25, 0.3) is 5.91 Å². The smallest absolute Gasteiger partial charge is 0.253 e. The number of aromatic nitrogens is 2. The molecule has 0 aliphatic rings. The van der Waals surface area contributed by atoms with Crippen LogP contribution in [0.25, 0.3) is 11.1 Å². The van der Waals surface area contributed by atoms with Crippen LogP contribution >= 0.6 is 11.8 Å². The Morgan fingerprint density at radius 2 is 1.92 bits per heavy atom. The van der Waals surface area contributed by atoms with Crippen LogP contribution in [0.2, 0.25) is 0 Å². The average molecular weight is 367 g/mol. The fourth-order valence-corrected chi connectivity index (χ4v) is 3.06. The van der Waals surface area contributed by atoms with Crippen molar-refractivity contribution in [2.75, 3.05) is 19.8 Å². The molecule has 0 fully saturated rings. The van der Waals surface area contributed by atoms with Crippen LogP contribution < -0.4 is 0 Å². The van der Waals surface area contributed by atoms with Gasteiger partial charge < -0.3 is 9.42 Å². The predicted molar refractivity (Wildman–Crippen MR) is 103 cm³/mol.